The monoisotopic (exact) mass is 540 g/mol. The first-order valence-corrected chi connectivity index (χ1v) is 12.7. The number of nitrogens with zero attached hydrogens (tertiary/aromatic N) is 1. The second kappa shape index (κ2) is 11.5. The lowest BCUT2D eigenvalue weighted by atomic mass is 9.79. The summed E-state index contributed by atoms with van der Waals surface area (Å²) in [5.74, 6) is 0.0218. The van der Waals surface area contributed by atoms with Crippen molar-refractivity contribution in [3.8, 4) is 17.2 Å². The summed E-state index contributed by atoms with van der Waals surface area (Å²) in [6.07, 6.45) is 0. The molecule has 5 rings (SSSR count). The van der Waals surface area contributed by atoms with E-state index in [9.17, 15) is 14.0 Å². The molecule has 0 aromatic heterocycles. The van der Waals surface area contributed by atoms with Crippen LogP contribution in [0.15, 0.2) is 91.0 Å². The second-order valence-electron chi connectivity index (χ2n) is 9.40. The number of rotatable bonds is 8. The fourth-order valence-electron chi connectivity index (χ4n) is 5.12. The third kappa shape index (κ3) is 5.20. The number of anilines is 1. The molecule has 0 bridgehead atoms. The minimum Gasteiger partial charge on any atom is -0.497 e. The first kappa shape index (κ1) is 26.7. The van der Waals surface area contributed by atoms with Gasteiger partial charge in [0.25, 0.3) is 5.91 Å². The molecule has 1 heterocycles. The largest absolute Gasteiger partial charge is 0.497 e. The number of ether oxygens (including phenoxy) is 3. The minimum absolute atomic E-state index is 0.180. The first-order chi connectivity index (χ1) is 19.4. The van der Waals surface area contributed by atoms with E-state index in [4.69, 9.17) is 14.2 Å². The number of carbonyl (C=O) groups excluding carboxylic acids is 2. The van der Waals surface area contributed by atoms with Gasteiger partial charge in [-0.2, -0.15) is 0 Å². The molecule has 4 aromatic carbocycles. The van der Waals surface area contributed by atoms with Gasteiger partial charge in [-0.3, -0.25) is 9.59 Å². The Bertz CT molecular complexity index is 1520. The number of amides is 2. The zero-order valence-electron chi connectivity index (χ0n) is 22.4. The standard InChI is InChI=1S/C32H29FN2O5/c1-38-23-14-10-21(11-15-23)30-29(31(36)34-27-17-16-24(39-2)18-28(27)40-3)25-6-4-5-7-26(25)32(37)35(30)19-20-8-12-22(33)13-9-20/h4-18,29-30H,19H2,1-3H3,(H,34,36)/t29-,30+/m1/s1. The van der Waals surface area contributed by atoms with E-state index in [1.165, 1.54) is 19.2 Å². The highest BCUT2D eigenvalue weighted by atomic mass is 19.1. The van der Waals surface area contributed by atoms with Crippen LogP contribution in [0.25, 0.3) is 0 Å². The second-order valence-corrected chi connectivity index (χ2v) is 9.40. The van der Waals surface area contributed by atoms with E-state index in [0.717, 1.165) is 11.1 Å². The Morgan fingerprint density at radius 3 is 2.20 bits per heavy atom. The lowest BCUT2D eigenvalue weighted by molar-refractivity contribution is -0.119. The summed E-state index contributed by atoms with van der Waals surface area (Å²) in [5.41, 5.74) is 3.03. The molecule has 0 radical (unpaired) electrons. The van der Waals surface area contributed by atoms with Crippen LogP contribution in [0.4, 0.5) is 10.1 Å². The lowest BCUT2D eigenvalue weighted by Crippen LogP contribution is -2.45. The highest BCUT2D eigenvalue weighted by molar-refractivity contribution is 6.04. The van der Waals surface area contributed by atoms with Crippen molar-refractivity contribution in [3.63, 3.8) is 0 Å². The van der Waals surface area contributed by atoms with E-state index in [1.807, 2.05) is 24.3 Å². The van der Waals surface area contributed by atoms with Crippen molar-refractivity contribution < 1.29 is 28.2 Å². The molecule has 7 nitrogen and oxygen atoms in total. The molecule has 4 aromatic rings. The molecule has 1 N–H and O–H groups in total. The van der Waals surface area contributed by atoms with Crippen molar-refractivity contribution in [2.45, 2.75) is 18.5 Å². The number of hydrogen-bond donors (Lipinski definition) is 1. The van der Waals surface area contributed by atoms with Crippen molar-refractivity contribution in [1.82, 2.24) is 4.90 Å². The topological polar surface area (TPSA) is 77.1 Å². The van der Waals surface area contributed by atoms with Crippen LogP contribution in [0.3, 0.4) is 0 Å². The van der Waals surface area contributed by atoms with Crippen LogP contribution in [-0.2, 0) is 11.3 Å². The Kier molecular flexibility index (Phi) is 7.68. The quantitative estimate of drug-likeness (QED) is 0.298. The van der Waals surface area contributed by atoms with Crippen LogP contribution in [0.5, 0.6) is 17.2 Å². The summed E-state index contributed by atoms with van der Waals surface area (Å²) in [4.78, 5) is 29.8. The molecule has 0 spiro atoms. The van der Waals surface area contributed by atoms with Crippen molar-refractivity contribution in [1.29, 1.82) is 0 Å². The highest BCUT2D eigenvalue weighted by Gasteiger charge is 2.44. The summed E-state index contributed by atoms with van der Waals surface area (Å²) in [5, 5.41) is 3.02. The van der Waals surface area contributed by atoms with Gasteiger partial charge in [-0.05, 0) is 59.2 Å². The predicted octanol–water partition coefficient (Wildman–Crippen LogP) is 5.97. The third-order valence-electron chi connectivity index (χ3n) is 7.11. The number of fused-ring (bicyclic) bond motifs is 1. The fourth-order valence-corrected chi connectivity index (χ4v) is 5.12. The molecule has 1 aliphatic rings. The van der Waals surface area contributed by atoms with Gasteiger partial charge in [0, 0.05) is 18.2 Å². The Labute approximate surface area is 232 Å². The van der Waals surface area contributed by atoms with Crippen LogP contribution in [0, 0.1) is 5.82 Å². The van der Waals surface area contributed by atoms with Crippen molar-refractivity contribution in [2.75, 3.05) is 26.6 Å². The maximum atomic E-state index is 14.2. The number of benzene rings is 4. The summed E-state index contributed by atoms with van der Waals surface area (Å²) in [6.45, 7) is 0.180. The number of carbonyl (C=O) groups is 2. The van der Waals surface area contributed by atoms with Crippen molar-refractivity contribution in [2.24, 2.45) is 0 Å². The summed E-state index contributed by atoms with van der Waals surface area (Å²) in [6, 6.07) is 25.0. The lowest BCUT2D eigenvalue weighted by Gasteiger charge is -2.42. The van der Waals surface area contributed by atoms with Gasteiger partial charge in [-0.1, -0.05) is 42.5 Å². The van der Waals surface area contributed by atoms with Crippen LogP contribution >= 0.6 is 0 Å². The molecular formula is C32H29FN2O5. The van der Waals surface area contributed by atoms with Crippen LogP contribution in [0.1, 0.15) is 39.0 Å². The van der Waals surface area contributed by atoms with Crippen molar-refractivity contribution >= 4 is 17.5 Å². The molecule has 204 valence electrons. The summed E-state index contributed by atoms with van der Waals surface area (Å²) < 4.78 is 29.8. The normalized spacial score (nSPS) is 16.2. The van der Waals surface area contributed by atoms with Crippen LogP contribution in [0.2, 0.25) is 0 Å². The number of halogens is 1. The van der Waals surface area contributed by atoms with E-state index < -0.39 is 12.0 Å². The zero-order valence-corrected chi connectivity index (χ0v) is 22.4. The Balaban J connectivity index is 1.63. The average Bonchev–Trinajstić information content (AvgIpc) is 2.99. The fraction of sp³-hybridized carbons (Fsp3) is 0.188. The Hall–Kier alpha value is -4.85. The van der Waals surface area contributed by atoms with E-state index in [2.05, 4.69) is 5.32 Å². The van der Waals surface area contributed by atoms with Gasteiger partial charge in [-0.25, -0.2) is 4.39 Å². The maximum Gasteiger partial charge on any atom is 0.255 e. The minimum atomic E-state index is -0.769. The third-order valence-corrected chi connectivity index (χ3v) is 7.11. The van der Waals surface area contributed by atoms with Gasteiger partial charge >= 0.3 is 0 Å². The molecular weight excluding hydrogens is 511 g/mol. The number of methoxy groups -OCH3 is 3. The highest BCUT2D eigenvalue weighted by Crippen LogP contribution is 2.45. The van der Waals surface area contributed by atoms with E-state index >= 15 is 0 Å². The smallest absolute Gasteiger partial charge is 0.255 e. The summed E-state index contributed by atoms with van der Waals surface area (Å²) in [7, 11) is 4.65. The molecule has 40 heavy (non-hydrogen) atoms. The molecule has 0 fully saturated rings. The van der Waals surface area contributed by atoms with Gasteiger partial charge in [0.15, 0.2) is 0 Å². The Morgan fingerprint density at radius 1 is 0.850 bits per heavy atom. The Morgan fingerprint density at radius 2 is 1.52 bits per heavy atom. The van der Waals surface area contributed by atoms with Gasteiger partial charge < -0.3 is 24.4 Å². The molecule has 0 saturated carbocycles. The SMILES string of the molecule is COc1ccc([C@H]2[C@H](C(=O)Nc3ccc(OC)cc3OC)c3ccccc3C(=O)N2Cc2ccc(F)cc2)cc1. The van der Waals surface area contributed by atoms with Gasteiger partial charge in [0.2, 0.25) is 5.91 Å². The molecule has 2 atom stereocenters. The van der Waals surface area contributed by atoms with Gasteiger partial charge in [-0.15, -0.1) is 0 Å². The van der Waals surface area contributed by atoms with E-state index in [1.54, 1.807) is 73.7 Å². The van der Waals surface area contributed by atoms with E-state index in [-0.39, 0.29) is 24.2 Å². The van der Waals surface area contributed by atoms with Crippen LogP contribution < -0.4 is 19.5 Å². The van der Waals surface area contributed by atoms with E-state index in [0.29, 0.717) is 34.1 Å². The predicted molar refractivity (Wildman–Crippen MR) is 149 cm³/mol. The average molecular weight is 541 g/mol. The molecule has 8 heteroatoms. The molecule has 0 aliphatic carbocycles. The molecule has 0 unspecified atom stereocenters. The summed E-state index contributed by atoms with van der Waals surface area (Å²) >= 11 is 0. The molecule has 2 amide bonds. The zero-order chi connectivity index (χ0) is 28.2. The molecule has 1 aliphatic heterocycles. The first-order valence-electron chi connectivity index (χ1n) is 12.7. The van der Waals surface area contributed by atoms with Gasteiger partial charge in [0.05, 0.1) is 39.0 Å². The van der Waals surface area contributed by atoms with Crippen LogP contribution in [-0.4, -0.2) is 38.0 Å². The van der Waals surface area contributed by atoms with Gasteiger partial charge in [0.1, 0.15) is 23.1 Å². The number of hydrogen-bond acceptors (Lipinski definition) is 5. The maximum absolute atomic E-state index is 14.2. The molecule has 0 saturated heterocycles. The van der Waals surface area contributed by atoms with Crippen molar-refractivity contribution in [3.05, 3.63) is 119 Å². The number of nitrogens with one attached hydrogen (secondary N) is 1.